The monoisotopic (exact) mass is 286 g/mol. The molecule has 0 saturated heterocycles. The second kappa shape index (κ2) is 12.5. The van der Waals surface area contributed by atoms with Crippen LogP contribution in [0, 0.1) is 5.92 Å². The molecule has 0 bridgehead atoms. The van der Waals surface area contributed by atoms with Gasteiger partial charge in [-0.3, -0.25) is 0 Å². The van der Waals surface area contributed by atoms with E-state index in [1.807, 2.05) is 12.5 Å². The average molecular weight is 287 g/mol. The molecule has 1 atom stereocenters. The summed E-state index contributed by atoms with van der Waals surface area (Å²) in [6.45, 7) is 5.73. The van der Waals surface area contributed by atoms with Crippen molar-refractivity contribution in [3.63, 3.8) is 0 Å². The summed E-state index contributed by atoms with van der Waals surface area (Å²) in [6.07, 6.45) is 18.4. The highest BCUT2D eigenvalue weighted by molar-refractivity contribution is 5.85. The van der Waals surface area contributed by atoms with Crippen LogP contribution in [0.4, 0.5) is 0 Å². The molecular weight excluding hydrogens is 256 g/mol. The zero-order valence-corrected chi connectivity index (χ0v) is 13.5. The van der Waals surface area contributed by atoms with Gasteiger partial charge in [-0.25, -0.2) is 4.98 Å². The van der Waals surface area contributed by atoms with Crippen LogP contribution >= 0.6 is 12.4 Å². The van der Waals surface area contributed by atoms with Gasteiger partial charge in [0.2, 0.25) is 0 Å². The van der Waals surface area contributed by atoms with Gasteiger partial charge in [0.15, 0.2) is 0 Å². The molecule has 3 heteroatoms. The minimum Gasteiger partial charge on any atom is -0.337 e. The Morgan fingerprint density at radius 1 is 1.00 bits per heavy atom. The van der Waals surface area contributed by atoms with Crippen LogP contribution in [0.25, 0.3) is 0 Å². The number of aromatic nitrogens is 2. The second-order valence-electron chi connectivity index (χ2n) is 5.44. The summed E-state index contributed by atoms with van der Waals surface area (Å²) in [5, 5.41) is 0. The Bertz CT molecular complexity index is 272. The van der Waals surface area contributed by atoms with E-state index in [1.165, 1.54) is 57.8 Å². The van der Waals surface area contributed by atoms with Crippen molar-refractivity contribution in [2.24, 2.45) is 5.92 Å². The highest BCUT2D eigenvalue weighted by Gasteiger charge is 2.06. The van der Waals surface area contributed by atoms with Crippen LogP contribution in [0.1, 0.15) is 71.6 Å². The van der Waals surface area contributed by atoms with E-state index in [4.69, 9.17) is 0 Å². The van der Waals surface area contributed by atoms with Crippen LogP contribution in [0.3, 0.4) is 0 Å². The lowest BCUT2D eigenvalue weighted by Gasteiger charge is -2.15. The first-order valence-electron chi connectivity index (χ1n) is 7.82. The van der Waals surface area contributed by atoms with E-state index in [0.717, 1.165) is 12.5 Å². The Morgan fingerprint density at radius 2 is 1.68 bits per heavy atom. The molecule has 0 aliphatic heterocycles. The number of imidazole rings is 1. The van der Waals surface area contributed by atoms with Crippen molar-refractivity contribution in [2.75, 3.05) is 0 Å². The van der Waals surface area contributed by atoms with E-state index in [0.29, 0.717) is 0 Å². The maximum absolute atomic E-state index is 4.11. The zero-order chi connectivity index (χ0) is 13.1. The van der Waals surface area contributed by atoms with Crippen molar-refractivity contribution in [2.45, 2.75) is 78.2 Å². The van der Waals surface area contributed by atoms with Crippen molar-refractivity contribution in [1.29, 1.82) is 0 Å². The van der Waals surface area contributed by atoms with Crippen molar-refractivity contribution < 1.29 is 0 Å². The molecule has 1 aromatic heterocycles. The van der Waals surface area contributed by atoms with Gasteiger partial charge < -0.3 is 4.57 Å². The largest absolute Gasteiger partial charge is 0.337 e. The first-order chi connectivity index (χ1) is 8.86. The first-order valence-corrected chi connectivity index (χ1v) is 7.82. The zero-order valence-electron chi connectivity index (χ0n) is 12.7. The van der Waals surface area contributed by atoms with Gasteiger partial charge >= 0.3 is 0 Å². The molecule has 0 fully saturated rings. The molecule has 0 N–H and O–H groups in total. The predicted molar refractivity (Wildman–Crippen MR) is 85.9 cm³/mol. The first kappa shape index (κ1) is 18.5. The maximum atomic E-state index is 4.11. The van der Waals surface area contributed by atoms with Gasteiger partial charge in [-0.1, -0.05) is 65.2 Å². The molecule has 0 aliphatic carbocycles. The molecule has 112 valence electrons. The molecule has 0 amide bonds. The summed E-state index contributed by atoms with van der Waals surface area (Å²) < 4.78 is 2.22. The lowest BCUT2D eigenvalue weighted by molar-refractivity contribution is 0.383. The van der Waals surface area contributed by atoms with E-state index in [2.05, 4.69) is 29.6 Å². The minimum atomic E-state index is 0. The lowest BCUT2D eigenvalue weighted by Crippen LogP contribution is -2.08. The molecule has 1 unspecified atom stereocenters. The normalized spacial score (nSPS) is 12.1. The Morgan fingerprint density at radius 3 is 2.26 bits per heavy atom. The molecule has 0 aliphatic rings. The second-order valence-corrected chi connectivity index (χ2v) is 5.44. The minimum absolute atomic E-state index is 0. The van der Waals surface area contributed by atoms with Crippen molar-refractivity contribution in [3.05, 3.63) is 18.7 Å². The smallest absolute Gasteiger partial charge is 0.0945 e. The third kappa shape index (κ3) is 9.10. The third-order valence-corrected chi connectivity index (χ3v) is 3.82. The molecule has 1 rings (SSSR count). The van der Waals surface area contributed by atoms with Gasteiger partial charge in [-0.2, -0.15) is 0 Å². The van der Waals surface area contributed by atoms with Gasteiger partial charge in [0.25, 0.3) is 0 Å². The lowest BCUT2D eigenvalue weighted by atomic mass is 9.97. The van der Waals surface area contributed by atoms with Crippen LogP contribution in [-0.4, -0.2) is 9.55 Å². The fourth-order valence-corrected chi connectivity index (χ4v) is 2.51. The van der Waals surface area contributed by atoms with E-state index in [9.17, 15) is 0 Å². The Hall–Kier alpha value is -0.500. The molecule has 1 aromatic rings. The number of rotatable bonds is 11. The molecule has 0 radical (unpaired) electrons. The molecule has 0 aromatic carbocycles. The Kier molecular flexibility index (Phi) is 12.2. The van der Waals surface area contributed by atoms with Crippen LogP contribution in [0.5, 0.6) is 0 Å². The SMILES string of the molecule is CCCCCCCCCC(CC)Cn1ccnc1.Cl. The molecule has 2 nitrogen and oxygen atoms in total. The molecular formula is C16H31ClN2. The summed E-state index contributed by atoms with van der Waals surface area (Å²) in [5.41, 5.74) is 0. The van der Waals surface area contributed by atoms with Gasteiger partial charge in [-0.15, -0.1) is 12.4 Å². The molecule has 0 saturated carbocycles. The summed E-state index contributed by atoms with van der Waals surface area (Å²) in [5.74, 6) is 0.829. The molecule has 1 heterocycles. The van der Waals surface area contributed by atoms with Crippen molar-refractivity contribution >= 4 is 12.4 Å². The predicted octanol–water partition coefficient (Wildman–Crippen LogP) is 5.47. The summed E-state index contributed by atoms with van der Waals surface area (Å²) in [4.78, 5) is 4.11. The van der Waals surface area contributed by atoms with E-state index in [1.54, 1.807) is 0 Å². The molecule has 19 heavy (non-hydrogen) atoms. The van der Waals surface area contributed by atoms with Gasteiger partial charge in [-0.05, 0) is 12.3 Å². The highest BCUT2D eigenvalue weighted by atomic mass is 35.5. The highest BCUT2D eigenvalue weighted by Crippen LogP contribution is 2.17. The summed E-state index contributed by atoms with van der Waals surface area (Å²) >= 11 is 0. The maximum Gasteiger partial charge on any atom is 0.0945 e. The average Bonchev–Trinajstić information content (AvgIpc) is 2.89. The Balaban J connectivity index is 0.00000324. The fraction of sp³-hybridized carbons (Fsp3) is 0.812. The topological polar surface area (TPSA) is 17.8 Å². The number of nitrogens with zero attached hydrogens (tertiary/aromatic N) is 2. The van der Waals surface area contributed by atoms with Crippen LogP contribution in [0.2, 0.25) is 0 Å². The number of halogens is 1. The van der Waals surface area contributed by atoms with Gasteiger partial charge in [0, 0.05) is 18.9 Å². The third-order valence-electron chi connectivity index (χ3n) is 3.82. The van der Waals surface area contributed by atoms with Crippen LogP contribution in [-0.2, 0) is 6.54 Å². The molecule has 0 spiro atoms. The van der Waals surface area contributed by atoms with Crippen LogP contribution in [0.15, 0.2) is 18.7 Å². The number of unbranched alkanes of at least 4 members (excludes halogenated alkanes) is 6. The van der Waals surface area contributed by atoms with Crippen molar-refractivity contribution in [1.82, 2.24) is 9.55 Å². The van der Waals surface area contributed by atoms with Crippen LogP contribution < -0.4 is 0 Å². The summed E-state index contributed by atoms with van der Waals surface area (Å²) in [6, 6.07) is 0. The Labute approximate surface area is 125 Å². The quantitative estimate of drug-likeness (QED) is 0.493. The number of hydrogen-bond acceptors (Lipinski definition) is 1. The van der Waals surface area contributed by atoms with Gasteiger partial charge in [0.05, 0.1) is 6.33 Å². The standard InChI is InChI=1S/C16H30N2.ClH/c1-3-5-6-7-8-9-10-11-16(4-2)14-18-13-12-17-15-18;/h12-13,15-16H,3-11,14H2,1-2H3;1H. The number of hydrogen-bond donors (Lipinski definition) is 0. The van der Waals surface area contributed by atoms with E-state index in [-0.39, 0.29) is 12.4 Å². The van der Waals surface area contributed by atoms with E-state index >= 15 is 0 Å². The summed E-state index contributed by atoms with van der Waals surface area (Å²) in [7, 11) is 0. The van der Waals surface area contributed by atoms with Gasteiger partial charge in [0.1, 0.15) is 0 Å². The van der Waals surface area contributed by atoms with Crippen molar-refractivity contribution in [3.8, 4) is 0 Å². The van der Waals surface area contributed by atoms with E-state index < -0.39 is 0 Å². The fourth-order valence-electron chi connectivity index (χ4n) is 2.51.